The Hall–Kier alpha value is -1.73. The Morgan fingerprint density at radius 1 is 1.40 bits per heavy atom. The summed E-state index contributed by atoms with van der Waals surface area (Å²) in [6.07, 6.45) is 1.80. The van der Waals surface area contributed by atoms with Crippen LogP contribution in [0.1, 0.15) is 39.2 Å². The fraction of sp³-hybridized carbons (Fsp3) is 0.467. The van der Waals surface area contributed by atoms with Crippen LogP contribution in [-0.4, -0.2) is 18.0 Å². The van der Waals surface area contributed by atoms with Gasteiger partial charge in [0.2, 0.25) is 5.91 Å². The third kappa shape index (κ3) is 4.43. The Labute approximate surface area is 125 Å². The van der Waals surface area contributed by atoms with Gasteiger partial charge in [0.25, 0.3) is 0 Å². The van der Waals surface area contributed by atoms with Gasteiger partial charge in [-0.25, -0.2) is 0 Å². The van der Waals surface area contributed by atoms with E-state index in [4.69, 9.17) is 16.9 Å². The van der Waals surface area contributed by atoms with Gasteiger partial charge in [-0.05, 0) is 38.0 Å². The molecule has 108 valence electrons. The van der Waals surface area contributed by atoms with Crippen molar-refractivity contribution < 1.29 is 4.79 Å². The highest BCUT2D eigenvalue weighted by atomic mass is 35.5. The van der Waals surface area contributed by atoms with Crippen LogP contribution in [0.5, 0.6) is 0 Å². The normalized spacial score (nSPS) is 11.8. The largest absolute Gasteiger partial charge is 0.373 e. The summed E-state index contributed by atoms with van der Waals surface area (Å²) in [6, 6.07) is 6.75. The van der Waals surface area contributed by atoms with E-state index in [1.165, 1.54) is 0 Å². The number of nitriles is 1. The van der Waals surface area contributed by atoms with Crippen LogP contribution in [-0.2, 0) is 4.79 Å². The molecule has 1 rings (SSSR count). The lowest BCUT2D eigenvalue weighted by Crippen LogP contribution is -2.42. The first kappa shape index (κ1) is 16.3. The fourth-order valence-corrected chi connectivity index (χ4v) is 2.00. The quantitative estimate of drug-likeness (QED) is 0.845. The standard InChI is InChI=1S/C15H20ClN3O/c1-4-12(5-2)19-15(20)10(3)18-14-8-11(9-17)6-7-13(14)16/h6-8,10,12,18H,4-5H2,1-3H3,(H,19,20). The van der Waals surface area contributed by atoms with Crippen molar-refractivity contribution in [1.29, 1.82) is 5.26 Å². The maximum Gasteiger partial charge on any atom is 0.242 e. The van der Waals surface area contributed by atoms with E-state index in [1.54, 1.807) is 25.1 Å². The summed E-state index contributed by atoms with van der Waals surface area (Å²) >= 11 is 6.06. The summed E-state index contributed by atoms with van der Waals surface area (Å²) in [6.45, 7) is 5.85. The van der Waals surface area contributed by atoms with Crippen LogP contribution >= 0.6 is 11.6 Å². The monoisotopic (exact) mass is 293 g/mol. The average Bonchev–Trinajstić information content (AvgIpc) is 2.46. The molecule has 0 saturated heterocycles. The SMILES string of the molecule is CCC(CC)NC(=O)C(C)Nc1cc(C#N)ccc1Cl. The predicted molar refractivity (Wildman–Crippen MR) is 81.8 cm³/mol. The third-order valence-corrected chi connectivity index (χ3v) is 3.52. The van der Waals surface area contributed by atoms with Gasteiger partial charge in [0, 0.05) is 6.04 Å². The summed E-state index contributed by atoms with van der Waals surface area (Å²) in [7, 11) is 0. The molecule has 0 aliphatic carbocycles. The molecule has 0 aliphatic heterocycles. The van der Waals surface area contributed by atoms with Gasteiger partial charge in [-0.1, -0.05) is 25.4 Å². The maximum atomic E-state index is 12.1. The smallest absolute Gasteiger partial charge is 0.242 e. The second-order valence-corrected chi connectivity index (χ2v) is 5.10. The van der Waals surface area contributed by atoms with Crippen molar-refractivity contribution in [2.75, 3.05) is 5.32 Å². The van der Waals surface area contributed by atoms with Gasteiger partial charge in [-0.15, -0.1) is 0 Å². The Morgan fingerprint density at radius 2 is 2.05 bits per heavy atom. The molecule has 1 aromatic carbocycles. The molecule has 0 heterocycles. The first-order chi connectivity index (χ1) is 9.51. The van der Waals surface area contributed by atoms with Crippen molar-refractivity contribution in [2.45, 2.75) is 45.7 Å². The first-order valence-corrected chi connectivity index (χ1v) is 7.16. The molecule has 0 aliphatic rings. The lowest BCUT2D eigenvalue weighted by atomic mass is 10.1. The predicted octanol–water partition coefficient (Wildman–Crippen LogP) is 3.32. The summed E-state index contributed by atoms with van der Waals surface area (Å²) < 4.78 is 0. The Balaban J connectivity index is 2.73. The van der Waals surface area contributed by atoms with Crippen LogP contribution in [0.4, 0.5) is 5.69 Å². The van der Waals surface area contributed by atoms with Gasteiger partial charge in [-0.3, -0.25) is 4.79 Å². The molecule has 4 nitrogen and oxygen atoms in total. The van der Waals surface area contributed by atoms with E-state index in [9.17, 15) is 4.79 Å². The third-order valence-electron chi connectivity index (χ3n) is 3.19. The number of amides is 1. The molecular weight excluding hydrogens is 274 g/mol. The number of anilines is 1. The number of hydrogen-bond donors (Lipinski definition) is 2. The van der Waals surface area contributed by atoms with E-state index in [1.807, 2.05) is 19.9 Å². The number of halogens is 1. The number of nitrogens with one attached hydrogen (secondary N) is 2. The fourth-order valence-electron chi connectivity index (χ4n) is 1.82. The highest BCUT2D eigenvalue weighted by Gasteiger charge is 2.16. The van der Waals surface area contributed by atoms with Gasteiger partial charge in [-0.2, -0.15) is 5.26 Å². The summed E-state index contributed by atoms with van der Waals surface area (Å²) in [5, 5.41) is 15.4. The van der Waals surface area contributed by atoms with Gasteiger partial charge in [0.05, 0.1) is 22.3 Å². The highest BCUT2D eigenvalue weighted by Crippen LogP contribution is 2.23. The molecule has 1 aromatic rings. The molecule has 20 heavy (non-hydrogen) atoms. The molecule has 0 spiro atoms. The number of nitrogens with zero attached hydrogens (tertiary/aromatic N) is 1. The molecule has 1 unspecified atom stereocenters. The van der Waals surface area contributed by atoms with Crippen molar-refractivity contribution in [3.05, 3.63) is 28.8 Å². The Morgan fingerprint density at radius 3 is 2.60 bits per heavy atom. The van der Waals surface area contributed by atoms with Crippen LogP contribution < -0.4 is 10.6 Å². The molecule has 0 bridgehead atoms. The zero-order chi connectivity index (χ0) is 15.1. The average molecular weight is 294 g/mol. The van der Waals surface area contributed by atoms with Crippen LogP contribution in [0.15, 0.2) is 18.2 Å². The topological polar surface area (TPSA) is 64.9 Å². The lowest BCUT2D eigenvalue weighted by Gasteiger charge is -2.20. The van der Waals surface area contributed by atoms with Crippen molar-refractivity contribution >= 4 is 23.2 Å². The molecule has 2 N–H and O–H groups in total. The zero-order valence-corrected chi connectivity index (χ0v) is 12.8. The van der Waals surface area contributed by atoms with E-state index < -0.39 is 6.04 Å². The molecule has 1 atom stereocenters. The van der Waals surface area contributed by atoms with Crippen LogP contribution in [0.2, 0.25) is 5.02 Å². The maximum absolute atomic E-state index is 12.1. The molecule has 0 aromatic heterocycles. The minimum Gasteiger partial charge on any atom is -0.373 e. The molecule has 1 amide bonds. The zero-order valence-electron chi connectivity index (χ0n) is 12.0. The molecule has 0 fully saturated rings. The van der Waals surface area contributed by atoms with E-state index in [-0.39, 0.29) is 11.9 Å². The summed E-state index contributed by atoms with van der Waals surface area (Å²) in [5.74, 6) is -0.0721. The van der Waals surface area contributed by atoms with E-state index in [0.717, 1.165) is 12.8 Å². The van der Waals surface area contributed by atoms with Crippen molar-refractivity contribution in [2.24, 2.45) is 0 Å². The minimum atomic E-state index is -0.415. The summed E-state index contributed by atoms with van der Waals surface area (Å²) in [4.78, 5) is 12.1. The van der Waals surface area contributed by atoms with Crippen molar-refractivity contribution in [3.63, 3.8) is 0 Å². The van der Waals surface area contributed by atoms with Gasteiger partial charge in [0.15, 0.2) is 0 Å². The second-order valence-electron chi connectivity index (χ2n) is 4.69. The van der Waals surface area contributed by atoms with Crippen molar-refractivity contribution in [1.82, 2.24) is 5.32 Å². The van der Waals surface area contributed by atoms with Gasteiger partial charge in [0.1, 0.15) is 6.04 Å². The van der Waals surface area contributed by atoms with E-state index >= 15 is 0 Å². The molecule has 5 heteroatoms. The van der Waals surface area contributed by atoms with Gasteiger partial charge >= 0.3 is 0 Å². The number of hydrogen-bond acceptors (Lipinski definition) is 3. The molecule has 0 saturated carbocycles. The Kier molecular flexibility index (Phi) is 6.33. The van der Waals surface area contributed by atoms with Crippen LogP contribution in [0, 0.1) is 11.3 Å². The molecule has 0 radical (unpaired) electrons. The molecular formula is C15H20ClN3O. The lowest BCUT2D eigenvalue weighted by molar-refractivity contribution is -0.122. The number of rotatable bonds is 6. The van der Waals surface area contributed by atoms with Crippen LogP contribution in [0.3, 0.4) is 0 Å². The van der Waals surface area contributed by atoms with Crippen LogP contribution in [0.25, 0.3) is 0 Å². The number of benzene rings is 1. The number of carbonyl (C=O) groups excluding carboxylic acids is 1. The highest BCUT2D eigenvalue weighted by molar-refractivity contribution is 6.33. The van der Waals surface area contributed by atoms with Gasteiger partial charge < -0.3 is 10.6 Å². The van der Waals surface area contributed by atoms with Crippen molar-refractivity contribution in [3.8, 4) is 6.07 Å². The Bertz CT molecular complexity index is 506. The van der Waals surface area contributed by atoms with E-state index in [0.29, 0.717) is 16.3 Å². The summed E-state index contributed by atoms with van der Waals surface area (Å²) in [5.41, 5.74) is 1.10. The second kappa shape index (κ2) is 7.76. The number of carbonyl (C=O) groups is 1. The minimum absolute atomic E-state index is 0.0721. The first-order valence-electron chi connectivity index (χ1n) is 6.78. The van der Waals surface area contributed by atoms with E-state index in [2.05, 4.69) is 10.6 Å².